The number of hydrogen-bond donors (Lipinski definition) is 1. The minimum absolute atomic E-state index is 0.0212. The molecule has 1 N–H and O–H groups in total. The summed E-state index contributed by atoms with van der Waals surface area (Å²) in [6.45, 7) is 2.88. The topological polar surface area (TPSA) is 53.4 Å². The summed E-state index contributed by atoms with van der Waals surface area (Å²) in [5.74, 6) is 0.0237. The summed E-state index contributed by atoms with van der Waals surface area (Å²) in [7, 11) is 0. The van der Waals surface area contributed by atoms with Gasteiger partial charge in [0.15, 0.2) is 0 Å². The van der Waals surface area contributed by atoms with Crippen LogP contribution in [-0.4, -0.2) is 40.6 Å². The van der Waals surface area contributed by atoms with Crippen molar-refractivity contribution in [1.82, 2.24) is 9.88 Å². The summed E-state index contributed by atoms with van der Waals surface area (Å²) in [6.07, 6.45) is 2.85. The molecular weight excluding hydrogens is 276 g/mol. The Morgan fingerprint density at radius 2 is 1.86 bits per heavy atom. The minimum atomic E-state index is -0.0212. The van der Waals surface area contributed by atoms with Crippen molar-refractivity contribution in [2.24, 2.45) is 0 Å². The van der Waals surface area contributed by atoms with E-state index < -0.39 is 0 Å². The molecule has 1 aromatic carbocycles. The number of carbonyl (C=O) groups excluding carboxylic acids is 1. The molecule has 1 heterocycles. The van der Waals surface area contributed by atoms with Gasteiger partial charge in [-0.15, -0.1) is 0 Å². The maximum absolute atomic E-state index is 12.4. The Morgan fingerprint density at radius 3 is 2.50 bits per heavy atom. The average Bonchev–Trinajstić information content (AvgIpc) is 2.54. The fourth-order valence-electron chi connectivity index (χ4n) is 2.28. The summed E-state index contributed by atoms with van der Waals surface area (Å²) >= 11 is 0. The third-order valence-electron chi connectivity index (χ3n) is 3.56. The normalized spacial score (nSPS) is 10.5. The zero-order valence-electron chi connectivity index (χ0n) is 12.9. The Balaban J connectivity index is 1.94. The van der Waals surface area contributed by atoms with Gasteiger partial charge in [-0.2, -0.15) is 0 Å². The number of carbonyl (C=O) groups is 1. The van der Waals surface area contributed by atoms with Crippen molar-refractivity contribution in [2.45, 2.75) is 19.8 Å². The Bertz CT molecular complexity index is 582. The monoisotopic (exact) mass is 298 g/mol. The Hall–Kier alpha value is -2.20. The number of rotatable bonds is 7. The average molecular weight is 298 g/mol. The molecule has 1 aromatic heterocycles. The van der Waals surface area contributed by atoms with Crippen molar-refractivity contribution in [3.05, 3.63) is 65.5 Å². The van der Waals surface area contributed by atoms with Crippen LogP contribution in [0.25, 0.3) is 0 Å². The van der Waals surface area contributed by atoms with Crippen molar-refractivity contribution in [1.29, 1.82) is 0 Å². The number of aromatic nitrogens is 1. The zero-order valence-corrected chi connectivity index (χ0v) is 12.9. The number of benzene rings is 1. The quantitative estimate of drug-likeness (QED) is 0.850. The Kier molecular flexibility index (Phi) is 6.10. The number of pyridine rings is 1. The number of aliphatic hydroxyl groups excluding tert-OH is 1. The summed E-state index contributed by atoms with van der Waals surface area (Å²) < 4.78 is 0. The second-order valence-corrected chi connectivity index (χ2v) is 5.32. The molecule has 0 saturated carbocycles. The first-order valence-electron chi connectivity index (χ1n) is 7.53. The molecule has 0 aliphatic rings. The third kappa shape index (κ3) is 4.97. The molecule has 1 amide bonds. The van der Waals surface area contributed by atoms with Crippen molar-refractivity contribution in [3.63, 3.8) is 0 Å². The molecule has 116 valence electrons. The molecule has 4 heteroatoms. The van der Waals surface area contributed by atoms with E-state index in [-0.39, 0.29) is 12.5 Å². The van der Waals surface area contributed by atoms with Crippen LogP contribution < -0.4 is 0 Å². The first-order valence-corrected chi connectivity index (χ1v) is 7.53. The molecule has 2 rings (SSSR count). The van der Waals surface area contributed by atoms with Gasteiger partial charge in [-0.3, -0.25) is 9.78 Å². The second kappa shape index (κ2) is 8.29. The predicted molar refractivity (Wildman–Crippen MR) is 86.5 cm³/mol. The Morgan fingerprint density at radius 1 is 1.09 bits per heavy atom. The van der Waals surface area contributed by atoms with E-state index in [9.17, 15) is 9.90 Å². The number of aryl methyl sites for hydroxylation is 1. The lowest BCUT2D eigenvalue weighted by Gasteiger charge is -2.22. The molecule has 0 fully saturated rings. The molecule has 0 aliphatic carbocycles. The van der Waals surface area contributed by atoms with Crippen LogP contribution in [0.5, 0.6) is 0 Å². The number of aliphatic hydroxyl groups is 1. The molecule has 0 atom stereocenters. The van der Waals surface area contributed by atoms with E-state index in [0.29, 0.717) is 19.5 Å². The van der Waals surface area contributed by atoms with E-state index >= 15 is 0 Å². The smallest absolute Gasteiger partial charge is 0.227 e. The molecule has 0 bridgehead atoms. The van der Waals surface area contributed by atoms with E-state index in [0.717, 1.165) is 17.7 Å². The lowest BCUT2D eigenvalue weighted by molar-refractivity contribution is -0.131. The van der Waals surface area contributed by atoms with Crippen LogP contribution >= 0.6 is 0 Å². The standard InChI is InChI=1S/C18H22N2O2/c1-15-7-8-17(14-19-15)13-18(22)20(11-12-21)10-9-16-5-3-2-4-6-16/h2-8,14,21H,9-13H2,1H3. The lowest BCUT2D eigenvalue weighted by Crippen LogP contribution is -2.36. The largest absolute Gasteiger partial charge is 0.395 e. The van der Waals surface area contributed by atoms with Crippen LogP contribution in [0.1, 0.15) is 16.8 Å². The molecule has 0 aliphatic heterocycles. The van der Waals surface area contributed by atoms with Crippen LogP contribution in [0.15, 0.2) is 48.7 Å². The van der Waals surface area contributed by atoms with Gasteiger partial charge in [0.1, 0.15) is 0 Å². The molecule has 0 saturated heterocycles. The van der Waals surface area contributed by atoms with Crippen LogP contribution in [0.2, 0.25) is 0 Å². The fraction of sp³-hybridized carbons (Fsp3) is 0.333. The highest BCUT2D eigenvalue weighted by atomic mass is 16.3. The van der Waals surface area contributed by atoms with Crippen LogP contribution in [0, 0.1) is 6.92 Å². The fourth-order valence-corrected chi connectivity index (χ4v) is 2.28. The second-order valence-electron chi connectivity index (χ2n) is 5.32. The van der Waals surface area contributed by atoms with Crippen molar-refractivity contribution in [3.8, 4) is 0 Å². The van der Waals surface area contributed by atoms with Gasteiger partial charge in [0, 0.05) is 25.0 Å². The van der Waals surface area contributed by atoms with Crippen molar-refractivity contribution >= 4 is 5.91 Å². The maximum atomic E-state index is 12.4. The first-order chi connectivity index (χ1) is 10.7. The van der Waals surface area contributed by atoms with E-state index in [1.165, 1.54) is 5.56 Å². The molecule has 0 unspecified atom stereocenters. The molecule has 22 heavy (non-hydrogen) atoms. The maximum Gasteiger partial charge on any atom is 0.227 e. The predicted octanol–water partition coefficient (Wildman–Crippen LogP) is 2.00. The molecule has 4 nitrogen and oxygen atoms in total. The van der Waals surface area contributed by atoms with Gasteiger partial charge >= 0.3 is 0 Å². The van der Waals surface area contributed by atoms with E-state index in [4.69, 9.17) is 0 Å². The molecule has 0 radical (unpaired) electrons. The highest BCUT2D eigenvalue weighted by molar-refractivity contribution is 5.78. The summed E-state index contributed by atoms with van der Waals surface area (Å²) in [6, 6.07) is 13.9. The molecular formula is C18H22N2O2. The van der Waals surface area contributed by atoms with Gasteiger partial charge in [0.25, 0.3) is 0 Å². The van der Waals surface area contributed by atoms with Gasteiger partial charge in [-0.1, -0.05) is 36.4 Å². The minimum Gasteiger partial charge on any atom is -0.395 e. The SMILES string of the molecule is Cc1ccc(CC(=O)N(CCO)CCc2ccccc2)cn1. The van der Waals surface area contributed by atoms with Gasteiger partial charge in [-0.25, -0.2) is 0 Å². The van der Waals surface area contributed by atoms with Crippen LogP contribution in [0.3, 0.4) is 0 Å². The van der Waals surface area contributed by atoms with E-state index in [1.54, 1.807) is 11.1 Å². The van der Waals surface area contributed by atoms with Crippen LogP contribution in [0.4, 0.5) is 0 Å². The summed E-state index contributed by atoms with van der Waals surface area (Å²) in [4.78, 5) is 18.3. The van der Waals surface area contributed by atoms with Crippen molar-refractivity contribution < 1.29 is 9.90 Å². The third-order valence-corrected chi connectivity index (χ3v) is 3.56. The highest BCUT2D eigenvalue weighted by Crippen LogP contribution is 2.06. The lowest BCUT2D eigenvalue weighted by atomic mass is 10.1. The number of nitrogens with zero attached hydrogens (tertiary/aromatic N) is 2. The van der Waals surface area contributed by atoms with E-state index in [2.05, 4.69) is 4.98 Å². The van der Waals surface area contributed by atoms with E-state index in [1.807, 2.05) is 49.4 Å². The number of amides is 1. The van der Waals surface area contributed by atoms with Crippen molar-refractivity contribution in [2.75, 3.05) is 19.7 Å². The zero-order chi connectivity index (χ0) is 15.8. The first kappa shape index (κ1) is 16.2. The van der Waals surface area contributed by atoms with Gasteiger partial charge in [-0.05, 0) is 30.5 Å². The summed E-state index contributed by atoms with van der Waals surface area (Å²) in [5.41, 5.74) is 3.03. The van der Waals surface area contributed by atoms with Gasteiger partial charge in [0.2, 0.25) is 5.91 Å². The number of hydrogen-bond acceptors (Lipinski definition) is 3. The highest BCUT2D eigenvalue weighted by Gasteiger charge is 2.13. The van der Waals surface area contributed by atoms with Gasteiger partial charge < -0.3 is 10.0 Å². The van der Waals surface area contributed by atoms with Gasteiger partial charge in [0.05, 0.1) is 13.0 Å². The van der Waals surface area contributed by atoms with Crippen LogP contribution in [-0.2, 0) is 17.6 Å². The Labute approximate surface area is 131 Å². The summed E-state index contributed by atoms with van der Waals surface area (Å²) in [5, 5.41) is 9.18. The molecule has 2 aromatic rings. The molecule has 0 spiro atoms.